The first-order valence-corrected chi connectivity index (χ1v) is 10.1. The first-order chi connectivity index (χ1) is 13.7. The van der Waals surface area contributed by atoms with Crippen LogP contribution in [0.1, 0.15) is 48.6 Å². The quantitative estimate of drug-likeness (QED) is 0.702. The maximum absolute atomic E-state index is 12.6. The lowest BCUT2D eigenvalue weighted by Gasteiger charge is -2.31. The number of ether oxygens (including phenoxy) is 1. The number of morpholine rings is 1. The number of carbonyl (C=O) groups is 1. The Labute approximate surface area is 164 Å². The predicted molar refractivity (Wildman–Crippen MR) is 108 cm³/mol. The first kappa shape index (κ1) is 17.4. The van der Waals surface area contributed by atoms with Crippen molar-refractivity contribution in [3.05, 3.63) is 41.1 Å². The summed E-state index contributed by atoms with van der Waals surface area (Å²) in [5, 5.41) is 14.3. The summed E-state index contributed by atoms with van der Waals surface area (Å²) in [4.78, 5) is 18.8. The van der Waals surface area contributed by atoms with Gasteiger partial charge in [0.25, 0.3) is 5.91 Å². The molecule has 3 fully saturated rings. The molecule has 1 saturated heterocycles. The summed E-state index contributed by atoms with van der Waals surface area (Å²) in [6.45, 7) is 2.55. The van der Waals surface area contributed by atoms with Crippen molar-refractivity contribution in [2.75, 3.05) is 31.6 Å². The van der Waals surface area contributed by atoms with Crippen LogP contribution in [0.3, 0.4) is 0 Å². The molecule has 2 heterocycles. The second-order valence-electron chi connectivity index (χ2n) is 7.94. The van der Waals surface area contributed by atoms with Crippen LogP contribution in [0.25, 0.3) is 0 Å². The number of rotatable bonds is 4. The monoisotopic (exact) mass is 379 g/mol. The van der Waals surface area contributed by atoms with Gasteiger partial charge in [0.05, 0.1) is 18.8 Å². The molecule has 1 aromatic rings. The van der Waals surface area contributed by atoms with Gasteiger partial charge in [0.1, 0.15) is 0 Å². The van der Waals surface area contributed by atoms with Gasteiger partial charge in [-0.2, -0.15) is 4.99 Å². The number of hydrogen-bond donors (Lipinski definition) is 3. The third kappa shape index (κ3) is 3.54. The Kier molecular flexibility index (Phi) is 4.39. The molecule has 2 saturated carbocycles. The van der Waals surface area contributed by atoms with E-state index in [1.165, 1.54) is 36.8 Å². The lowest BCUT2D eigenvalue weighted by Crippen LogP contribution is -2.52. The average molecular weight is 379 g/mol. The van der Waals surface area contributed by atoms with E-state index in [0.29, 0.717) is 38.2 Å². The number of nitrogens with zero attached hydrogens (tertiary/aromatic N) is 2. The fourth-order valence-corrected chi connectivity index (χ4v) is 3.79. The number of nitrogens with one attached hydrogen (secondary N) is 3. The number of anilines is 1. The van der Waals surface area contributed by atoms with E-state index in [2.05, 4.69) is 33.8 Å². The van der Waals surface area contributed by atoms with Crippen LogP contribution in [0.15, 0.2) is 35.0 Å². The summed E-state index contributed by atoms with van der Waals surface area (Å²) in [5.74, 6) is 1.49. The molecule has 3 N–H and O–H groups in total. The molecular formula is C21H25N5O2. The van der Waals surface area contributed by atoms with E-state index >= 15 is 0 Å². The van der Waals surface area contributed by atoms with Crippen molar-refractivity contribution in [2.24, 2.45) is 4.99 Å². The molecule has 4 aliphatic rings. The van der Waals surface area contributed by atoms with Crippen LogP contribution >= 0.6 is 0 Å². The van der Waals surface area contributed by atoms with E-state index in [1.54, 1.807) is 6.20 Å². The average Bonchev–Trinajstić information content (AvgIpc) is 3.61. The highest BCUT2D eigenvalue weighted by molar-refractivity contribution is 6.28. The van der Waals surface area contributed by atoms with Crippen LogP contribution in [-0.2, 0) is 9.53 Å². The Balaban J connectivity index is 1.34. The molecular weight excluding hydrogens is 354 g/mol. The van der Waals surface area contributed by atoms with Gasteiger partial charge in [-0.1, -0.05) is 12.1 Å². The molecule has 0 spiro atoms. The van der Waals surface area contributed by atoms with Crippen molar-refractivity contribution < 1.29 is 9.53 Å². The van der Waals surface area contributed by atoms with Gasteiger partial charge in [0, 0.05) is 25.0 Å². The van der Waals surface area contributed by atoms with Crippen molar-refractivity contribution in [3.63, 3.8) is 0 Å². The maximum Gasteiger partial charge on any atom is 0.263 e. The van der Waals surface area contributed by atoms with Crippen LogP contribution < -0.4 is 10.6 Å². The minimum absolute atomic E-state index is 0.0136. The van der Waals surface area contributed by atoms with Gasteiger partial charge in [0.15, 0.2) is 5.84 Å². The van der Waals surface area contributed by atoms with E-state index in [1.807, 2.05) is 4.90 Å². The SMILES string of the molecule is N=C1N=C(N2CCOCC2)NC(=O)/C1=C/Nc1ccc(C2CC2)cc1C1CC1. The summed E-state index contributed by atoms with van der Waals surface area (Å²) < 4.78 is 5.33. The van der Waals surface area contributed by atoms with Crippen LogP contribution in [0, 0.1) is 5.41 Å². The Bertz CT molecular complexity index is 877. The number of benzene rings is 1. The van der Waals surface area contributed by atoms with Gasteiger partial charge in [0.2, 0.25) is 5.96 Å². The Hall–Kier alpha value is -2.67. The van der Waals surface area contributed by atoms with Gasteiger partial charge in [-0.25, -0.2) is 0 Å². The van der Waals surface area contributed by atoms with E-state index in [-0.39, 0.29) is 17.3 Å². The summed E-state index contributed by atoms with van der Waals surface area (Å²) in [5.41, 5.74) is 4.05. The van der Waals surface area contributed by atoms with Gasteiger partial charge >= 0.3 is 0 Å². The third-order valence-electron chi connectivity index (χ3n) is 5.77. The minimum Gasteiger partial charge on any atom is -0.378 e. The second-order valence-corrected chi connectivity index (χ2v) is 7.94. The molecule has 2 aliphatic heterocycles. The van der Waals surface area contributed by atoms with Crippen LogP contribution in [-0.4, -0.2) is 48.9 Å². The largest absolute Gasteiger partial charge is 0.378 e. The second kappa shape index (κ2) is 7.05. The Morgan fingerprint density at radius 3 is 2.61 bits per heavy atom. The molecule has 1 amide bonds. The van der Waals surface area contributed by atoms with Gasteiger partial charge in [-0.3, -0.25) is 15.5 Å². The highest BCUT2D eigenvalue weighted by Gasteiger charge is 2.30. The van der Waals surface area contributed by atoms with Crippen molar-refractivity contribution in [3.8, 4) is 0 Å². The summed E-state index contributed by atoms with van der Waals surface area (Å²) in [6.07, 6.45) is 6.66. The van der Waals surface area contributed by atoms with Crippen molar-refractivity contribution in [1.29, 1.82) is 5.41 Å². The third-order valence-corrected chi connectivity index (χ3v) is 5.77. The molecule has 2 aliphatic carbocycles. The predicted octanol–water partition coefficient (Wildman–Crippen LogP) is 2.53. The van der Waals surface area contributed by atoms with Crippen molar-refractivity contribution >= 4 is 23.4 Å². The normalized spacial score (nSPS) is 24.2. The number of hydrogen-bond acceptors (Lipinski definition) is 5. The summed E-state index contributed by atoms with van der Waals surface area (Å²) in [7, 11) is 0. The van der Waals surface area contributed by atoms with Crippen molar-refractivity contribution in [1.82, 2.24) is 10.2 Å². The molecule has 0 atom stereocenters. The number of guanidine groups is 1. The molecule has 7 heteroatoms. The zero-order valence-electron chi connectivity index (χ0n) is 15.8. The number of amidine groups is 1. The Morgan fingerprint density at radius 2 is 1.93 bits per heavy atom. The summed E-state index contributed by atoms with van der Waals surface area (Å²) in [6, 6.07) is 6.63. The molecule has 1 aromatic carbocycles. The van der Waals surface area contributed by atoms with E-state index in [4.69, 9.17) is 10.1 Å². The highest BCUT2D eigenvalue weighted by atomic mass is 16.5. The smallest absolute Gasteiger partial charge is 0.263 e. The minimum atomic E-state index is -0.295. The zero-order valence-corrected chi connectivity index (χ0v) is 15.8. The molecule has 0 bridgehead atoms. The number of amides is 1. The highest BCUT2D eigenvalue weighted by Crippen LogP contribution is 2.47. The van der Waals surface area contributed by atoms with Gasteiger partial charge in [-0.15, -0.1) is 0 Å². The van der Waals surface area contributed by atoms with E-state index in [9.17, 15) is 4.79 Å². The molecule has 146 valence electrons. The van der Waals surface area contributed by atoms with Crippen LogP contribution in [0.5, 0.6) is 0 Å². The van der Waals surface area contributed by atoms with Gasteiger partial charge in [-0.05, 0) is 54.7 Å². The maximum atomic E-state index is 12.6. The number of carbonyl (C=O) groups excluding carboxylic acids is 1. The zero-order chi connectivity index (χ0) is 19.1. The standard InChI is InChI=1S/C21H25N5O2/c22-19-17(20(27)25-21(24-19)26-7-9-28-10-8-26)12-23-18-6-5-15(13-1-2-13)11-16(18)14-3-4-14/h5-6,11-14,23H,1-4,7-10H2,(H2,22,24,25,27)/b17-12+. The molecule has 0 radical (unpaired) electrons. The fraction of sp³-hybridized carbons (Fsp3) is 0.476. The lowest BCUT2D eigenvalue weighted by atomic mass is 10.0. The molecule has 5 rings (SSSR count). The Morgan fingerprint density at radius 1 is 1.18 bits per heavy atom. The van der Waals surface area contributed by atoms with E-state index in [0.717, 1.165) is 11.6 Å². The van der Waals surface area contributed by atoms with E-state index < -0.39 is 0 Å². The summed E-state index contributed by atoms with van der Waals surface area (Å²) >= 11 is 0. The molecule has 28 heavy (non-hydrogen) atoms. The first-order valence-electron chi connectivity index (χ1n) is 10.1. The van der Waals surface area contributed by atoms with Crippen molar-refractivity contribution in [2.45, 2.75) is 37.5 Å². The molecule has 7 nitrogen and oxygen atoms in total. The fourth-order valence-electron chi connectivity index (χ4n) is 3.79. The lowest BCUT2D eigenvalue weighted by molar-refractivity contribution is -0.116. The molecule has 0 aromatic heterocycles. The van der Waals surface area contributed by atoms with Gasteiger partial charge < -0.3 is 15.0 Å². The molecule has 0 unspecified atom stereocenters. The van der Waals surface area contributed by atoms with Crippen LogP contribution in [0.2, 0.25) is 0 Å². The number of aliphatic imine (C=N–C) groups is 1. The van der Waals surface area contributed by atoms with Crippen LogP contribution in [0.4, 0.5) is 5.69 Å². The topological polar surface area (TPSA) is 89.8 Å².